The number of H-pyrrole nitrogens is 1. The van der Waals surface area contributed by atoms with Crippen LogP contribution in [0.2, 0.25) is 5.02 Å². The summed E-state index contributed by atoms with van der Waals surface area (Å²) in [6.45, 7) is 3.44. The van der Waals surface area contributed by atoms with Crippen LogP contribution in [0.25, 0.3) is 11.2 Å². The molecule has 0 unspecified atom stereocenters. The molecule has 1 aromatic carbocycles. The third kappa shape index (κ3) is 5.09. The summed E-state index contributed by atoms with van der Waals surface area (Å²) >= 11 is 6.37. The molecule has 4 atom stereocenters. The number of imidazole rings is 1. The fraction of sp³-hybridized carbons (Fsp3) is 0.500. The molecule has 0 radical (unpaired) electrons. The molecule has 0 spiro atoms. The molecule has 37 heavy (non-hydrogen) atoms. The van der Waals surface area contributed by atoms with Crippen LogP contribution in [0.1, 0.15) is 11.1 Å². The van der Waals surface area contributed by atoms with Crippen LogP contribution in [0.5, 0.6) is 6.01 Å². The number of morpholine rings is 1. The summed E-state index contributed by atoms with van der Waals surface area (Å²) < 4.78 is 51.9. The van der Waals surface area contributed by atoms with E-state index in [2.05, 4.69) is 25.2 Å². The summed E-state index contributed by atoms with van der Waals surface area (Å²) in [5.74, 6) is -1.05. The number of rotatable bonds is 7. The van der Waals surface area contributed by atoms with Gasteiger partial charge in [0.05, 0.1) is 37.0 Å². The van der Waals surface area contributed by atoms with Gasteiger partial charge < -0.3 is 34.4 Å². The van der Waals surface area contributed by atoms with E-state index in [1.54, 1.807) is 6.07 Å². The topological polar surface area (TPSA) is 114 Å². The van der Waals surface area contributed by atoms with Crippen molar-refractivity contribution in [3.63, 3.8) is 0 Å². The first kappa shape index (κ1) is 24.7. The molecular weight excluding hydrogens is 512 g/mol. The Labute approximate surface area is 215 Å². The van der Waals surface area contributed by atoms with Crippen LogP contribution in [-0.2, 0) is 27.3 Å². The second kappa shape index (κ2) is 10.3. The zero-order valence-electron chi connectivity index (χ0n) is 19.8. The number of nitrogens with one attached hydrogen (secondary N) is 2. The number of nitrogens with zero attached hydrogens (tertiary/aromatic N) is 3. The van der Waals surface area contributed by atoms with E-state index in [-0.39, 0.29) is 48.3 Å². The second-order valence-electron chi connectivity index (χ2n) is 9.33. The molecule has 3 aromatic rings. The minimum Gasteiger partial charge on any atom is -0.456 e. The lowest BCUT2D eigenvalue weighted by Crippen LogP contribution is -2.35. The molecule has 0 bridgehead atoms. The molecule has 0 amide bonds. The minimum absolute atomic E-state index is 0.107. The molecule has 198 valence electrons. The average molecular weight is 538 g/mol. The Kier molecular flexibility index (Phi) is 6.86. The fourth-order valence-corrected chi connectivity index (χ4v) is 5.09. The maximum absolute atomic E-state index is 14.8. The van der Waals surface area contributed by atoms with Crippen molar-refractivity contribution in [3.05, 3.63) is 46.0 Å². The highest BCUT2D eigenvalue weighted by atomic mass is 35.5. The number of halogens is 3. The molecule has 0 aliphatic carbocycles. The maximum atomic E-state index is 14.8. The first-order valence-electron chi connectivity index (χ1n) is 12.1. The molecule has 3 fully saturated rings. The average Bonchev–Trinajstić information content (AvgIpc) is 3.56. The summed E-state index contributed by atoms with van der Waals surface area (Å²) in [6, 6.07) is 4.52. The second-order valence-corrected chi connectivity index (χ2v) is 9.74. The van der Waals surface area contributed by atoms with Crippen molar-refractivity contribution in [2.24, 2.45) is 0 Å². The number of fused-ring (bicyclic) bond motifs is 2. The number of hydrogen-bond donors (Lipinski definition) is 3. The standard InChI is InChI=1S/C24H26ClF2N5O5/c25-14-7-17-23(31-24(29-17)37-19-11-36-20-18(33)10-35-21(19)20)30-22(14)28-8-13-15(26)5-12(6-16(13)27)9-32-1-3-34-4-2-32/h5-7,18-21,33H,1-4,8-11H2,(H2,28,29,30,31)/t18-,19-,20-,21-/m1/s1. The number of hydrogen-bond acceptors (Lipinski definition) is 9. The summed E-state index contributed by atoms with van der Waals surface area (Å²) in [7, 11) is 0. The Balaban J connectivity index is 1.13. The molecule has 13 heteroatoms. The number of aromatic nitrogens is 3. The van der Waals surface area contributed by atoms with Gasteiger partial charge in [-0.1, -0.05) is 11.6 Å². The van der Waals surface area contributed by atoms with Crippen molar-refractivity contribution in [1.29, 1.82) is 0 Å². The lowest BCUT2D eigenvalue weighted by Gasteiger charge is -2.26. The summed E-state index contributed by atoms with van der Waals surface area (Å²) in [4.78, 5) is 13.8. The van der Waals surface area contributed by atoms with E-state index in [1.807, 2.05) is 0 Å². The lowest BCUT2D eigenvalue weighted by atomic mass is 10.1. The van der Waals surface area contributed by atoms with Crippen LogP contribution < -0.4 is 10.1 Å². The van der Waals surface area contributed by atoms with Crippen molar-refractivity contribution in [2.75, 3.05) is 44.8 Å². The van der Waals surface area contributed by atoms with Crippen LogP contribution in [0.4, 0.5) is 14.6 Å². The number of aliphatic hydroxyl groups excluding tert-OH is 1. The summed E-state index contributed by atoms with van der Waals surface area (Å²) in [5.41, 5.74) is 1.30. The van der Waals surface area contributed by atoms with Gasteiger partial charge in [-0.05, 0) is 23.8 Å². The first-order chi connectivity index (χ1) is 17.9. The zero-order chi connectivity index (χ0) is 25.5. The highest BCUT2D eigenvalue weighted by Gasteiger charge is 2.48. The number of anilines is 1. The van der Waals surface area contributed by atoms with Crippen molar-refractivity contribution in [1.82, 2.24) is 19.9 Å². The SMILES string of the molecule is O[C@@H]1CO[C@H]2[C@@H]1OC[C@H]2Oc1nc2nc(NCc3c(F)cc(CN4CCOCC4)cc3F)c(Cl)cc2[nH]1. The van der Waals surface area contributed by atoms with E-state index in [0.717, 1.165) is 13.1 Å². The molecule has 6 rings (SSSR count). The van der Waals surface area contributed by atoms with Gasteiger partial charge in [-0.3, -0.25) is 4.90 Å². The Morgan fingerprint density at radius 2 is 1.86 bits per heavy atom. The number of pyridine rings is 1. The van der Waals surface area contributed by atoms with Crippen LogP contribution in [0, 0.1) is 11.6 Å². The highest BCUT2D eigenvalue weighted by molar-refractivity contribution is 6.33. The van der Waals surface area contributed by atoms with Crippen LogP contribution in [0.3, 0.4) is 0 Å². The van der Waals surface area contributed by atoms with Crippen LogP contribution in [-0.4, -0.2) is 88.9 Å². The Bertz CT molecular complexity index is 1270. The predicted molar refractivity (Wildman–Crippen MR) is 129 cm³/mol. The molecule has 3 aliphatic heterocycles. The Morgan fingerprint density at radius 1 is 1.11 bits per heavy atom. The van der Waals surface area contributed by atoms with Gasteiger partial charge in [-0.2, -0.15) is 4.98 Å². The third-order valence-electron chi connectivity index (χ3n) is 6.79. The van der Waals surface area contributed by atoms with Gasteiger partial charge in [-0.15, -0.1) is 0 Å². The van der Waals surface area contributed by atoms with Gasteiger partial charge in [0.15, 0.2) is 11.8 Å². The van der Waals surface area contributed by atoms with Gasteiger partial charge >= 0.3 is 0 Å². The number of ether oxygens (including phenoxy) is 4. The van der Waals surface area contributed by atoms with Crippen molar-refractivity contribution in [3.8, 4) is 6.01 Å². The first-order valence-corrected chi connectivity index (χ1v) is 12.5. The van der Waals surface area contributed by atoms with E-state index in [0.29, 0.717) is 36.5 Å². The van der Waals surface area contributed by atoms with E-state index in [1.165, 1.54) is 12.1 Å². The van der Waals surface area contributed by atoms with Gasteiger partial charge in [0.2, 0.25) is 0 Å². The van der Waals surface area contributed by atoms with Crippen LogP contribution in [0.15, 0.2) is 18.2 Å². The Morgan fingerprint density at radius 3 is 2.65 bits per heavy atom. The van der Waals surface area contributed by atoms with Crippen molar-refractivity contribution in [2.45, 2.75) is 37.5 Å². The van der Waals surface area contributed by atoms with Gasteiger partial charge in [-0.25, -0.2) is 13.8 Å². The predicted octanol–water partition coefficient (Wildman–Crippen LogP) is 2.24. The van der Waals surface area contributed by atoms with Gasteiger partial charge in [0.25, 0.3) is 6.01 Å². The molecular formula is C24H26ClF2N5O5. The van der Waals surface area contributed by atoms with Crippen molar-refractivity contribution >= 4 is 28.6 Å². The lowest BCUT2D eigenvalue weighted by molar-refractivity contribution is 0.00706. The maximum Gasteiger partial charge on any atom is 0.296 e. The van der Waals surface area contributed by atoms with E-state index < -0.39 is 29.9 Å². The summed E-state index contributed by atoms with van der Waals surface area (Å²) in [6.07, 6.45) is -1.93. The molecule has 3 N–H and O–H groups in total. The number of aliphatic hydroxyl groups is 1. The quantitative estimate of drug-likeness (QED) is 0.417. The fourth-order valence-electron chi connectivity index (χ4n) is 4.87. The van der Waals surface area contributed by atoms with E-state index in [4.69, 9.17) is 30.5 Å². The van der Waals surface area contributed by atoms with Gasteiger partial charge in [0.1, 0.15) is 35.8 Å². The summed E-state index contributed by atoms with van der Waals surface area (Å²) in [5, 5.41) is 13.1. The monoisotopic (exact) mass is 537 g/mol. The third-order valence-corrected chi connectivity index (χ3v) is 7.08. The zero-order valence-corrected chi connectivity index (χ0v) is 20.5. The molecule has 2 aromatic heterocycles. The number of aromatic amines is 1. The minimum atomic E-state index is -0.681. The normalized spacial score (nSPS) is 26.1. The molecule has 3 saturated heterocycles. The highest BCUT2D eigenvalue weighted by Crippen LogP contribution is 2.31. The van der Waals surface area contributed by atoms with Crippen LogP contribution >= 0.6 is 11.6 Å². The number of benzene rings is 1. The van der Waals surface area contributed by atoms with Crippen molar-refractivity contribution < 1.29 is 32.8 Å². The molecule has 3 aliphatic rings. The molecule has 5 heterocycles. The molecule has 0 saturated carbocycles. The van der Waals surface area contributed by atoms with E-state index in [9.17, 15) is 13.9 Å². The van der Waals surface area contributed by atoms with Gasteiger partial charge in [0, 0.05) is 31.7 Å². The van der Waals surface area contributed by atoms with E-state index >= 15 is 0 Å². The largest absolute Gasteiger partial charge is 0.456 e. The Hall–Kier alpha value is -2.61. The molecule has 10 nitrogen and oxygen atoms in total. The smallest absolute Gasteiger partial charge is 0.296 e.